The van der Waals surface area contributed by atoms with Gasteiger partial charge in [-0.3, -0.25) is 4.79 Å². The van der Waals surface area contributed by atoms with Crippen LogP contribution in [0, 0.1) is 11.3 Å². The predicted octanol–water partition coefficient (Wildman–Crippen LogP) is 1.55. The number of hydrogen-bond acceptors (Lipinski definition) is 3. The van der Waals surface area contributed by atoms with Gasteiger partial charge in [-0.05, 0) is 53.5 Å². The minimum Gasteiger partial charge on any atom is -0.342 e. The highest BCUT2D eigenvalue weighted by molar-refractivity contribution is 5.82. The summed E-state index contributed by atoms with van der Waals surface area (Å²) in [4.78, 5) is 16.7. The molecule has 1 aliphatic heterocycles. The molecule has 0 spiro atoms. The van der Waals surface area contributed by atoms with Gasteiger partial charge in [0.25, 0.3) is 0 Å². The van der Waals surface area contributed by atoms with Crippen molar-refractivity contribution < 1.29 is 4.79 Å². The van der Waals surface area contributed by atoms with Crippen molar-refractivity contribution in [3.8, 4) is 0 Å². The van der Waals surface area contributed by atoms with Crippen LogP contribution in [0.2, 0.25) is 0 Å². The van der Waals surface area contributed by atoms with E-state index in [9.17, 15) is 4.79 Å². The van der Waals surface area contributed by atoms with Gasteiger partial charge >= 0.3 is 0 Å². The highest BCUT2D eigenvalue weighted by Crippen LogP contribution is 2.24. The van der Waals surface area contributed by atoms with Crippen molar-refractivity contribution in [1.82, 2.24) is 9.80 Å². The van der Waals surface area contributed by atoms with Gasteiger partial charge < -0.3 is 15.5 Å². The maximum absolute atomic E-state index is 12.3. The summed E-state index contributed by atoms with van der Waals surface area (Å²) in [7, 11) is 2.18. The number of nitrogens with zero attached hydrogens (tertiary/aromatic N) is 2. The number of rotatable bonds is 5. The molecule has 0 bridgehead atoms. The van der Waals surface area contributed by atoms with E-state index in [0.717, 1.165) is 38.4 Å². The van der Waals surface area contributed by atoms with Crippen molar-refractivity contribution in [1.29, 1.82) is 0 Å². The van der Waals surface area contributed by atoms with Gasteiger partial charge in [-0.2, -0.15) is 0 Å². The summed E-state index contributed by atoms with van der Waals surface area (Å²) in [6.45, 7) is 11.7. The summed E-state index contributed by atoms with van der Waals surface area (Å²) >= 11 is 0. The molecule has 0 aliphatic carbocycles. The molecule has 19 heavy (non-hydrogen) atoms. The van der Waals surface area contributed by atoms with Crippen LogP contribution in [0.3, 0.4) is 0 Å². The smallest absolute Gasteiger partial charge is 0.229 e. The van der Waals surface area contributed by atoms with E-state index in [4.69, 9.17) is 5.73 Å². The molecule has 1 fully saturated rings. The molecule has 2 N–H and O–H groups in total. The fraction of sp³-hybridized carbons (Fsp3) is 0.933. The lowest BCUT2D eigenvalue weighted by Gasteiger charge is -2.38. The molecule has 112 valence electrons. The number of likely N-dealkylation sites (tertiary alicyclic amines) is 1. The molecule has 1 rings (SSSR count). The van der Waals surface area contributed by atoms with Crippen LogP contribution in [-0.2, 0) is 4.79 Å². The molecule has 0 saturated carbocycles. The van der Waals surface area contributed by atoms with Crippen LogP contribution in [0.5, 0.6) is 0 Å². The molecule has 4 nitrogen and oxygen atoms in total. The third-order valence-electron chi connectivity index (χ3n) is 4.42. The van der Waals surface area contributed by atoms with Gasteiger partial charge in [-0.1, -0.05) is 0 Å². The second-order valence-corrected chi connectivity index (χ2v) is 6.86. The van der Waals surface area contributed by atoms with Crippen molar-refractivity contribution >= 4 is 5.91 Å². The van der Waals surface area contributed by atoms with Crippen LogP contribution in [-0.4, -0.2) is 55.0 Å². The number of amides is 1. The number of piperidine rings is 1. The number of hydrogen-bond donors (Lipinski definition) is 1. The Bertz CT molecular complexity index is 294. The van der Waals surface area contributed by atoms with Gasteiger partial charge in [0.1, 0.15) is 0 Å². The zero-order chi connectivity index (χ0) is 14.6. The third-order valence-corrected chi connectivity index (χ3v) is 4.42. The van der Waals surface area contributed by atoms with E-state index < -0.39 is 5.41 Å². The van der Waals surface area contributed by atoms with Crippen LogP contribution in [0.4, 0.5) is 0 Å². The monoisotopic (exact) mass is 269 g/mol. The lowest BCUT2D eigenvalue weighted by Crippen LogP contribution is -2.48. The molecule has 0 atom stereocenters. The summed E-state index contributed by atoms with van der Waals surface area (Å²) in [6.07, 6.45) is 2.23. The Kier molecular flexibility index (Phi) is 5.81. The Morgan fingerprint density at radius 2 is 1.89 bits per heavy atom. The second kappa shape index (κ2) is 6.71. The Hall–Kier alpha value is -0.610. The standard InChI is InChI=1S/C15H31N3O/c1-12(2)17(5)10-13-6-8-18(9-7-13)14(19)15(3,4)11-16/h12-13H,6-11,16H2,1-5H3. The van der Waals surface area contributed by atoms with E-state index in [-0.39, 0.29) is 5.91 Å². The van der Waals surface area contributed by atoms with E-state index in [0.29, 0.717) is 12.6 Å². The Morgan fingerprint density at radius 3 is 2.32 bits per heavy atom. The Labute approximate surface area is 118 Å². The zero-order valence-corrected chi connectivity index (χ0v) is 13.3. The van der Waals surface area contributed by atoms with Crippen molar-refractivity contribution in [2.75, 3.05) is 33.2 Å². The first-order valence-corrected chi connectivity index (χ1v) is 7.47. The molecule has 0 unspecified atom stereocenters. The molecular formula is C15H31N3O. The van der Waals surface area contributed by atoms with Crippen LogP contribution in [0.15, 0.2) is 0 Å². The first kappa shape index (κ1) is 16.4. The number of carbonyl (C=O) groups excluding carboxylic acids is 1. The normalized spacial score (nSPS) is 18.4. The van der Waals surface area contributed by atoms with Crippen molar-refractivity contribution in [2.24, 2.45) is 17.1 Å². The molecule has 0 aromatic carbocycles. The molecule has 1 heterocycles. The van der Waals surface area contributed by atoms with E-state index in [2.05, 4.69) is 25.8 Å². The van der Waals surface area contributed by atoms with Gasteiger partial charge in [-0.25, -0.2) is 0 Å². The third kappa shape index (κ3) is 4.46. The van der Waals surface area contributed by atoms with E-state index in [1.54, 1.807) is 0 Å². The highest BCUT2D eigenvalue weighted by atomic mass is 16.2. The predicted molar refractivity (Wildman–Crippen MR) is 79.9 cm³/mol. The van der Waals surface area contributed by atoms with Crippen LogP contribution in [0.25, 0.3) is 0 Å². The first-order chi connectivity index (χ1) is 8.77. The minimum absolute atomic E-state index is 0.214. The Balaban J connectivity index is 2.43. The highest BCUT2D eigenvalue weighted by Gasteiger charge is 2.33. The summed E-state index contributed by atoms with van der Waals surface area (Å²) in [6, 6.07) is 0.593. The lowest BCUT2D eigenvalue weighted by atomic mass is 9.89. The molecule has 1 aliphatic rings. The maximum atomic E-state index is 12.3. The minimum atomic E-state index is -0.415. The largest absolute Gasteiger partial charge is 0.342 e. The average Bonchev–Trinajstić information content (AvgIpc) is 2.38. The molecule has 0 aromatic heterocycles. The Morgan fingerprint density at radius 1 is 1.37 bits per heavy atom. The molecule has 0 aromatic rings. The molecule has 4 heteroatoms. The molecule has 1 amide bonds. The van der Waals surface area contributed by atoms with Crippen molar-refractivity contribution in [2.45, 2.75) is 46.6 Å². The summed E-state index contributed by atoms with van der Waals surface area (Å²) in [5.74, 6) is 0.933. The van der Waals surface area contributed by atoms with Crippen LogP contribution >= 0.6 is 0 Å². The topological polar surface area (TPSA) is 49.6 Å². The zero-order valence-electron chi connectivity index (χ0n) is 13.3. The quantitative estimate of drug-likeness (QED) is 0.824. The van der Waals surface area contributed by atoms with Gasteiger partial charge in [0.05, 0.1) is 5.41 Å². The fourth-order valence-corrected chi connectivity index (χ4v) is 2.45. The summed E-state index contributed by atoms with van der Waals surface area (Å²) < 4.78 is 0. The van der Waals surface area contributed by atoms with Crippen LogP contribution in [0.1, 0.15) is 40.5 Å². The molecular weight excluding hydrogens is 238 g/mol. The van der Waals surface area contributed by atoms with Crippen LogP contribution < -0.4 is 5.73 Å². The van der Waals surface area contributed by atoms with E-state index in [1.165, 1.54) is 0 Å². The fourth-order valence-electron chi connectivity index (χ4n) is 2.45. The van der Waals surface area contributed by atoms with Gasteiger partial charge in [0.2, 0.25) is 5.91 Å². The number of nitrogens with two attached hydrogens (primary N) is 1. The van der Waals surface area contributed by atoms with E-state index >= 15 is 0 Å². The second-order valence-electron chi connectivity index (χ2n) is 6.86. The van der Waals surface area contributed by atoms with Gasteiger partial charge in [0, 0.05) is 32.2 Å². The van der Waals surface area contributed by atoms with Crippen molar-refractivity contribution in [3.05, 3.63) is 0 Å². The maximum Gasteiger partial charge on any atom is 0.229 e. The lowest BCUT2D eigenvalue weighted by molar-refractivity contribution is -0.141. The van der Waals surface area contributed by atoms with Gasteiger partial charge in [0.15, 0.2) is 0 Å². The number of carbonyl (C=O) groups is 1. The first-order valence-electron chi connectivity index (χ1n) is 7.47. The average molecular weight is 269 g/mol. The SMILES string of the molecule is CC(C)N(C)CC1CCN(C(=O)C(C)(C)CN)CC1. The summed E-state index contributed by atoms with van der Waals surface area (Å²) in [5, 5.41) is 0. The molecule has 1 saturated heterocycles. The molecule has 0 radical (unpaired) electrons. The van der Waals surface area contributed by atoms with Crippen molar-refractivity contribution in [3.63, 3.8) is 0 Å². The van der Waals surface area contributed by atoms with Gasteiger partial charge in [-0.15, -0.1) is 0 Å². The van der Waals surface area contributed by atoms with E-state index in [1.807, 2.05) is 18.7 Å². The summed E-state index contributed by atoms with van der Waals surface area (Å²) in [5.41, 5.74) is 5.27.